The molecule has 2 aliphatic rings. The van der Waals surface area contributed by atoms with E-state index in [-0.39, 0.29) is 11.7 Å². The lowest BCUT2D eigenvalue weighted by Crippen LogP contribution is -2.27. The van der Waals surface area contributed by atoms with E-state index in [4.69, 9.17) is 13.9 Å². The molecule has 0 aliphatic carbocycles. The maximum absolute atomic E-state index is 11.8. The summed E-state index contributed by atoms with van der Waals surface area (Å²) in [6, 6.07) is 4.92. The Hall–Kier alpha value is -2.33. The van der Waals surface area contributed by atoms with Gasteiger partial charge in [0.1, 0.15) is 11.3 Å². The minimum Gasteiger partial charge on any atom is -0.463 e. The van der Waals surface area contributed by atoms with Crippen LogP contribution in [0.1, 0.15) is 5.56 Å². The van der Waals surface area contributed by atoms with Gasteiger partial charge in [0.2, 0.25) is 6.29 Å². The van der Waals surface area contributed by atoms with Crippen molar-refractivity contribution in [3.05, 3.63) is 58.0 Å². The lowest BCUT2D eigenvalue weighted by Gasteiger charge is -2.27. The summed E-state index contributed by atoms with van der Waals surface area (Å²) in [5.41, 5.74) is 2.21. The number of benzene rings is 1. The Labute approximate surface area is 108 Å². The average Bonchev–Trinajstić information content (AvgIpc) is 2.45. The third-order valence-electron chi connectivity index (χ3n) is 3.30. The van der Waals surface area contributed by atoms with Crippen LogP contribution >= 0.6 is 0 Å². The summed E-state index contributed by atoms with van der Waals surface area (Å²) >= 11 is 0. The van der Waals surface area contributed by atoms with E-state index in [9.17, 15) is 4.79 Å². The highest BCUT2D eigenvalue weighted by atomic mass is 16.7. The first-order valence-electron chi connectivity index (χ1n) is 6.04. The van der Waals surface area contributed by atoms with Crippen molar-refractivity contribution in [1.82, 2.24) is 0 Å². The first-order valence-corrected chi connectivity index (χ1v) is 6.04. The number of hydrogen-bond acceptors (Lipinski definition) is 4. The molecule has 0 saturated heterocycles. The largest absolute Gasteiger partial charge is 0.463 e. The van der Waals surface area contributed by atoms with Crippen LogP contribution in [0.4, 0.5) is 0 Å². The van der Waals surface area contributed by atoms with Crippen LogP contribution in [0.15, 0.2) is 51.4 Å². The first kappa shape index (κ1) is 10.6. The number of hydrogen-bond donors (Lipinski definition) is 0. The second-order valence-corrected chi connectivity index (χ2v) is 4.47. The standard InChI is InChI=1S/C15H10O4/c16-12-5-7-17-14-10(12)3-4-13-11(14)8-9-2-1-6-18-15(9)19-13/h1-5,7-8,15H,6H2. The quantitative estimate of drug-likeness (QED) is 0.724. The summed E-state index contributed by atoms with van der Waals surface area (Å²) < 4.78 is 16.8. The monoisotopic (exact) mass is 254 g/mol. The van der Waals surface area contributed by atoms with Gasteiger partial charge in [-0.05, 0) is 18.2 Å². The van der Waals surface area contributed by atoms with Gasteiger partial charge in [0.25, 0.3) is 0 Å². The Morgan fingerprint density at radius 1 is 1.21 bits per heavy atom. The van der Waals surface area contributed by atoms with E-state index in [0.717, 1.165) is 11.1 Å². The summed E-state index contributed by atoms with van der Waals surface area (Å²) in [5, 5.41) is 0.556. The molecule has 19 heavy (non-hydrogen) atoms. The summed E-state index contributed by atoms with van der Waals surface area (Å²) in [6.45, 7) is 0.542. The van der Waals surface area contributed by atoms with Crippen molar-refractivity contribution >= 4 is 17.0 Å². The fourth-order valence-electron chi connectivity index (χ4n) is 2.40. The van der Waals surface area contributed by atoms with Crippen LogP contribution < -0.4 is 10.2 Å². The number of rotatable bonds is 0. The third-order valence-corrected chi connectivity index (χ3v) is 3.30. The summed E-state index contributed by atoms with van der Waals surface area (Å²) in [6.07, 6.45) is 6.88. The fraction of sp³-hybridized carbons (Fsp3) is 0.133. The summed E-state index contributed by atoms with van der Waals surface area (Å²) in [4.78, 5) is 11.8. The van der Waals surface area contributed by atoms with Crippen LogP contribution in [0.2, 0.25) is 0 Å². The van der Waals surface area contributed by atoms with Gasteiger partial charge in [-0.25, -0.2) is 0 Å². The molecule has 0 N–H and O–H groups in total. The second-order valence-electron chi connectivity index (χ2n) is 4.47. The Kier molecular flexibility index (Phi) is 2.13. The molecule has 1 aromatic carbocycles. The first-order chi connectivity index (χ1) is 9.33. The molecule has 94 valence electrons. The van der Waals surface area contributed by atoms with Crippen molar-refractivity contribution in [2.75, 3.05) is 6.61 Å². The van der Waals surface area contributed by atoms with Crippen molar-refractivity contribution in [2.45, 2.75) is 6.29 Å². The van der Waals surface area contributed by atoms with Crippen LogP contribution in [0, 0.1) is 0 Å². The molecule has 0 amide bonds. The van der Waals surface area contributed by atoms with Crippen LogP contribution in [0.3, 0.4) is 0 Å². The molecule has 0 fully saturated rings. The minimum absolute atomic E-state index is 0.0555. The molecule has 0 radical (unpaired) electrons. The Bertz CT molecular complexity index is 782. The van der Waals surface area contributed by atoms with Gasteiger partial charge in [-0.15, -0.1) is 0 Å². The predicted octanol–water partition coefficient (Wildman–Crippen LogP) is 2.48. The second kappa shape index (κ2) is 3.83. The zero-order chi connectivity index (χ0) is 12.8. The molecule has 2 aromatic rings. The zero-order valence-electron chi connectivity index (χ0n) is 9.96. The topological polar surface area (TPSA) is 48.7 Å². The maximum atomic E-state index is 11.8. The predicted molar refractivity (Wildman–Crippen MR) is 70.0 cm³/mol. The molecule has 0 bridgehead atoms. The minimum atomic E-state index is -0.370. The van der Waals surface area contributed by atoms with Gasteiger partial charge in [0.05, 0.1) is 23.8 Å². The molecule has 1 unspecified atom stereocenters. The van der Waals surface area contributed by atoms with E-state index >= 15 is 0 Å². The molecule has 4 heteroatoms. The van der Waals surface area contributed by atoms with Gasteiger partial charge in [0.15, 0.2) is 5.43 Å². The number of ether oxygens (including phenoxy) is 2. The van der Waals surface area contributed by atoms with Gasteiger partial charge in [0, 0.05) is 11.6 Å². The number of fused-ring (bicyclic) bond motifs is 4. The molecule has 4 rings (SSSR count). The lowest BCUT2D eigenvalue weighted by atomic mass is 10.0. The molecule has 1 atom stereocenters. The molecular formula is C15H10O4. The average molecular weight is 254 g/mol. The summed E-state index contributed by atoms with van der Waals surface area (Å²) in [7, 11) is 0. The van der Waals surface area contributed by atoms with Crippen LogP contribution in [-0.2, 0) is 4.74 Å². The zero-order valence-corrected chi connectivity index (χ0v) is 9.96. The Morgan fingerprint density at radius 2 is 2.16 bits per heavy atom. The van der Waals surface area contributed by atoms with E-state index in [1.54, 1.807) is 12.1 Å². The molecule has 0 saturated carbocycles. The van der Waals surface area contributed by atoms with E-state index < -0.39 is 0 Å². The van der Waals surface area contributed by atoms with Crippen LogP contribution in [-0.4, -0.2) is 12.9 Å². The van der Waals surface area contributed by atoms with Crippen LogP contribution in [0.5, 0.6) is 5.75 Å². The normalized spacial score (nSPS) is 20.4. The van der Waals surface area contributed by atoms with Gasteiger partial charge < -0.3 is 13.9 Å². The molecule has 0 spiro atoms. The van der Waals surface area contributed by atoms with E-state index in [1.807, 2.05) is 18.2 Å². The van der Waals surface area contributed by atoms with E-state index in [2.05, 4.69) is 0 Å². The molecular weight excluding hydrogens is 244 g/mol. The van der Waals surface area contributed by atoms with Crippen molar-refractivity contribution in [1.29, 1.82) is 0 Å². The van der Waals surface area contributed by atoms with E-state index in [1.165, 1.54) is 12.3 Å². The molecule has 4 nitrogen and oxygen atoms in total. The van der Waals surface area contributed by atoms with Gasteiger partial charge in [-0.3, -0.25) is 4.79 Å². The highest BCUT2D eigenvalue weighted by molar-refractivity contribution is 5.89. The molecule has 3 heterocycles. The lowest BCUT2D eigenvalue weighted by molar-refractivity contribution is -0.0450. The highest BCUT2D eigenvalue weighted by Crippen LogP contribution is 2.35. The van der Waals surface area contributed by atoms with Gasteiger partial charge in [-0.1, -0.05) is 12.2 Å². The highest BCUT2D eigenvalue weighted by Gasteiger charge is 2.25. The third kappa shape index (κ3) is 1.54. The van der Waals surface area contributed by atoms with Crippen LogP contribution in [0.25, 0.3) is 17.0 Å². The van der Waals surface area contributed by atoms with Gasteiger partial charge >= 0.3 is 0 Å². The maximum Gasteiger partial charge on any atom is 0.227 e. The van der Waals surface area contributed by atoms with Gasteiger partial charge in [-0.2, -0.15) is 0 Å². The molecule has 2 aliphatic heterocycles. The fourth-order valence-corrected chi connectivity index (χ4v) is 2.40. The summed E-state index contributed by atoms with van der Waals surface area (Å²) in [5.74, 6) is 0.672. The SMILES string of the molecule is O=c1ccoc2c3c(ccc12)OC1OCC=CC1=C3. The Balaban J connectivity index is 2.03. The Morgan fingerprint density at radius 3 is 3.11 bits per heavy atom. The molecule has 1 aromatic heterocycles. The smallest absolute Gasteiger partial charge is 0.227 e. The van der Waals surface area contributed by atoms with E-state index in [0.29, 0.717) is 23.3 Å². The van der Waals surface area contributed by atoms with Crippen molar-refractivity contribution in [3.8, 4) is 5.75 Å². The van der Waals surface area contributed by atoms with Crippen molar-refractivity contribution in [3.63, 3.8) is 0 Å². The van der Waals surface area contributed by atoms with Crippen molar-refractivity contribution < 1.29 is 13.9 Å². The van der Waals surface area contributed by atoms with Crippen molar-refractivity contribution in [2.24, 2.45) is 0 Å².